The molecule has 0 aliphatic carbocycles. The van der Waals surface area contributed by atoms with Crippen molar-refractivity contribution in [3.8, 4) is 0 Å². The number of ether oxygens (including phenoxy) is 1. The standard InChI is InChI=1S/C29H56O2/c1-5-6-7-8-9-10-11-12-13-14-15-16-17-18-19-20-21-22-23-24-25-26-28(4)31-29(30)27(2)3/h28H,2,5-26H2,1,3-4H3. The van der Waals surface area contributed by atoms with Gasteiger partial charge in [-0.3, -0.25) is 0 Å². The summed E-state index contributed by atoms with van der Waals surface area (Å²) in [5, 5.41) is 0. The van der Waals surface area contributed by atoms with Gasteiger partial charge >= 0.3 is 5.97 Å². The summed E-state index contributed by atoms with van der Waals surface area (Å²) in [5.41, 5.74) is 0.491. The van der Waals surface area contributed by atoms with Crippen LogP contribution in [0.4, 0.5) is 0 Å². The van der Waals surface area contributed by atoms with E-state index in [1.54, 1.807) is 6.92 Å². The molecule has 0 amide bonds. The van der Waals surface area contributed by atoms with Gasteiger partial charge in [-0.25, -0.2) is 4.79 Å². The second-order valence-electron chi connectivity index (χ2n) is 9.86. The zero-order valence-electron chi connectivity index (χ0n) is 21.7. The first kappa shape index (κ1) is 30.2. The molecule has 0 N–H and O–H groups in total. The first-order chi connectivity index (χ1) is 15.1. The largest absolute Gasteiger partial charge is 0.459 e. The summed E-state index contributed by atoms with van der Waals surface area (Å²) < 4.78 is 5.32. The maximum Gasteiger partial charge on any atom is 0.333 e. The number of carbonyl (C=O) groups excluding carboxylic acids is 1. The molecule has 0 aromatic rings. The third-order valence-corrected chi connectivity index (χ3v) is 6.37. The molecule has 0 saturated carbocycles. The number of unbranched alkanes of at least 4 members (excludes halogenated alkanes) is 20. The fourth-order valence-electron chi connectivity index (χ4n) is 4.21. The Bertz CT molecular complexity index is 402. The smallest absolute Gasteiger partial charge is 0.333 e. The summed E-state index contributed by atoms with van der Waals surface area (Å²) >= 11 is 0. The van der Waals surface area contributed by atoms with Crippen LogP contribution in [0.2, 0.25) is 0 Å². The molecular weight excluding hydrogens is 380 g/mol. The van der Waals surface area contributed by atoms with Gasteiger partial charge in [0.05, 0.1) is 6.10 Å². The summed E-state index contributed by atoms with van der Waals surface area (Å²) in [6, 6.07) is 0. The molecule has 0 saturated heterocycles. The molecule has 0 aliphatic heterocycles. The lowest BCUT2D eigenvalue weighted by Gasteiger charge is -2.12. The first-order valence-corrected chi connectivity index (χ1v) is 13.9. The Labute approximate surface area is 196 Å². The van der Waals surface area contributed by atoms with E-state index in [1.807, 2.05) is 6.92 Å². The van der Waals surface area contributed by atoms with Gasteiger partial charge in [-0.05, 0) is 26.7 Å². The topological polar surface area (TPSA) is 26.3 Å². The Balaban J connectivity index is 3.14. The van der Waals surface area contributed by atoms with Crippen molar-refractivity contribution in [3.05, 3.63) is 12.2 Å². The highest BCUT2D eigenvalue weighted by molar-refractivity contribution is 5.87. The second-order valence-corrected chi connectivity index (χ2v) is 9.86. The summed E-state index contributed by atoms with van der Waals surface area (Å²) in [4.78, 5) is 11.4. The summed E-state index contributed by atoms with van der Waals surface area (Å²) in [5.74, 6) is -0.254. The average Bonchev–Trinajstić information content (AvgIpc) is 2.74. The Morgan fingerprint density at radius 2 is 0.903 bits per heavy atom. The summed E-state index contributed by atoms with van der Waals surface area (Å²) in [6.45, 7) is 9.60. The van der Waals surface area contributed by atoms with Gasteiger partial charge < -0.3 is 4.74 Å². The van der Waals surface area contributed by atoms with E-state index in [0.717, 1.165) is 12.8 Å². The van der Waals surface area contributed by atoms with Gasteiger partial charge in [0.2, 0.25) is 0 Å². The predicted octanol–water partition coefficient (Wildman–Crippen LogP) is 10.1. The highest BCUT2D eigenvalue weighted by Crippen LogP contribution is 2.15. The van der Waals surface area contributed by atoms with Crippen molar-refractivity contribution in [3.63, 3.8) is 0 Å². The van der Waals surface area contributed by atoms with Crippen molar-refractivity contribution >= 4 is 5.97 Å². The highest BCUT2D eigenvalue weighted by Gasteiger charge is 2.09. The molecule has 0 spiro atoms. The van der Waals surface area contributed by atoms with Crippen molar-refractivity contribution in [2.45, 2.75) is 168 Å². The molecule has 0 fully saturated rings. The van der Waals surface area contributed by atoms with Crippen LogP contribution in [-0.4, -0.2) is 12.1 Å². The fourth-order valence-corrected chi connectivity index (χ4v) is 4.21. The summed E-state index contributed by atoms with van der Waals surface area (Å²) in [6.07, 6.45) is 30.6. The number of rotatable bonds is 24. The minimum atomic E-state index is -0.254. The van der Waals surface area contributed by atoms with Crippen LogP contribution in [0.5, 0.6) is 0 Å². The molecule has 0 radical (unpaired) electrons. The second kappa shape index (κ2) is 23.9. The number of esters is 1. The quantitative estimate of drug-likeness (QED) is 0.0854. The molecular formula is C29H56O2. The maximum atomic E-state index is 11.4. The van der Waals surface area contributed by atoms with Crippen molar-refractivity contribution in [1.29, 1.82) is 0 Å². The van der Waals surface area contributed by atoms with Crippen LogP contribution in [-0.2, 0) is 9.53 Å². The van der Waals surface area contributed by atoms with Crippen LogP contribution in [0.25, 0.3) is 0 Å². The Kier molecular flexibility index (Phi) is 23.3. The van der Waals surface area contributed by atoms with Crippen LogP contribution in [0.1, 0.15) is 162 Å². The molecule has 2 nitrogen and oxygen atoms in total. The van der Waals surface area contributed by atoms with E-state index in [4.69, 9.17) is 4.74 Å². The van der Waals surface area contributed by atoms with E-state index in [9.17, 15) is 4.79 Å². The zero-order valence-corrected chi connectivity index (χ0v) is 21.7. The van der Waals surface area contributed by atoms with E-state index in [-0.39, 0.29) is 12.1 Å². The van der Waals surface area contributed by atoms with Crippen molar-refractivity contribution < 1.29 is 9.53 Å². The van der Waals surface area contributed by atoms with Crippen LogP contribution in [0.3, 0.4) is 0 Å². The van der Waals surface area contributed by atoms with E-state index >= 15 is 0 Å². The van der Waals surface area contributed by atoms with E-state index in [0.29, 0.717) is 5.57 Å². The number of carbonyl (C=O) groups is 1. The van der Waals surface area contributed by atoms with Crippen molar-refractivity contribution in [2.75, 3.05) is 0 Å². The third kappa shape index (κ3) is 23.7. The molecule has 0 aromatic carbocycles. The minimum absolute atomic E-state index is 0.0181. The van der Waals surface area contributed by atoms with Crippen molar-refractivity contribution in [1.82, 2.24) is 0 Å². The fraction of sp³-hybridized carbons (Fsp3) is 0.897. The maximum absolute atomic E-state index is 11.4. The molecule has 1 atom stereocenters. The third-order valence-electron chi connectivity index (χ3n) is 6.37. The highest BCUT2D eigenvalue weighted by atomic mass is 16.5. The van der Waals surface area contributed by atoms with Gasteiger partial charge in [0, 0.05) is 5.57 Å². The molecule has 0 rings (SSSR count). The molecule has 184 valence electrons. The average molecular weight is 437 g/mol. The SMILES string of the molecule is C=C(C)C(=O)OC(C)CCCCCCCCCCCCCCCCCCCCCCC. The van der Waals surface area contributed by atoms with Crippen LogP contribution in [0.15, 0.2) is 12.2 Å². The Hall–Kier alpha value is -0.790. The van der Waals surface area contributed by atoms with E-state index in [1.165, 1.54) is 128 Å². The van der Waals surface area contributed by atoms with Crippen molar-refractivity contribution in [2.24, 2.45) is 0 Å². The Morgan fingerprint density at radius 1 is 0.613 bits per heavy atom. The molecule has 0 bridgehead atoms. The van der Waals surface area contributed by atoms with Crippen LogP contribution in [0, 0.1) is 0 Å². The van der Waals surface area contributed by atoms with E-state index in [2.05, 4.69) is 13.5 Å². The van der Waals surface area contributed by atoms with Gasteiger partial charge in [0.15, 0.2) is 0 Å². The predicted molar refractivity (Wildman–Crippen MR) is 138 cm³/mol. The normalized spacial score (nSPS) is 12.1. The lowest BCUT2D eigenvalue weighted by atomic mass is 10.0. The van der Waals surface area contributed by atoms with Crippen LogP contribution < -0.4 is 0 Å². The van der Waals surface area contributed by atoms with Gasteiger partial charge in [-0.15, -0.1) is 0 Å². The van der Waals surface area contributed by atoms with Gasteiger partial charge in [0.25, 0.3) is 0 Å². The number of hydrogen-bond donors (Lipinski definition) is 0. The molecule has 2 heteroatoms. The number of hydrogen-bond acceptors (Lipinski definition) is 2. The molecule has 0 aliphatic rings. The van der Waals surface area contributed by atoms with Gasteiger partial charge in [-0.2, -0.15) is 0 Å². The summed E-state index contributed by atoms with van der Waals surface area (Å²) in [7, 11) is 0. The van der Waals surface area contributed by atoms with Gasteiger partial charge in [-0.1, -0.05) is 142 Å². The Morgan fingerprint density at radius 3 is 1.19 bits per heavy atom. The monoisotopic (exact) mass is 436 g/mol. The lowest BCUT2D eigenvalue weighted by Crippen LogP contribution is -2.15. The minimum Gasteiger partial charge on any atom is -0.459 e. The molecule has 31 heavy (non-hydrogen) atoms. The molecule has 0 heterocycles. The van der Waals surface area contributed by atoms with E-state index < -0.39 is 0 Å². The van der Waals surface area contributed by atoms with Gasteiger partial charge in [0.1, 0.15) is 0 Å². The molecule has 1 unspecified atom stereocenters. The molecule has 0 aromatic heterocycles. The van der Waals surface area contributed by atoms with Crippen LogP contribution >= 0.6 is 0 Å². The lowest BCUT2D eigenvalue weighted by molar-refractivity contribution is -0.143. The zero-order chi connectivity index (χ0) is 23.0. The first-order valence-electron chi connectivity index (χ1n) is 13.9.